The van der Waals surface area contributed by atoms with E-state index >= 15 is 0 Å². The van der Waals surface area contributed by atoms with E-state index in [4.69, 9.17) is 0 Å². The predicted molar refractivity (Wildman–Crippen MR) is 109 cm³/mol. The molecule has 1 aliphatic heterocycles. The number of rotatable bonds is 5. The minimum Gasteiger partial charge on any atom is -0.289 e. The minimum absolute atomic E-state index is 0.0966. The first kappa shape index (κ1) is 19.0. The number of anilines is 1. The molecule has 2 aromatic heterocycles. The molecule has 0 N–H and O–H groups in total. The van der Waals surface area contributed by atoms with E-state index in [1.807, 2.05) is 19.1 Å². The maximum absolute atomic E-state index is 12.9. The summed E-state index contributed by atoms with van der Waals surface area (Å²) >= 11 is 0. The number of sulfone groups is 1. The van der Waals surface area contributed by atoms with Crippen LogP contribution in [0.2, 0.25) is 0 Å². The fraction of sp³-hybridized carbons (Fsp3) is 0.136. The second-order valence-corrected chi connectivity index (χ2v) is 8.81. The van der Waals surface area contributed by atoms with Crippen LogP contribution in [0.3, 0.4) is 0 Å². The Bertz CT molecular complexity index is 1170. The van der Waals surface area contributed by atoms with Gasteiger partial charge in [-0.15, -0.1) is 0 Å². The minimum atomic E-state index is -3.64. The molecule has 3 heterocycles. The van der Waals surface area contributed by atoms with Gasteiger partial charge < -0.3 is 0 Å². The maximum atomic E-state index is 12.9. The number of aromatic nitrogens is 2. The largest absolute Gasteiger partial charge is 0.289 e. The van der Waals surface area contributed by atoms with E-state index < -0.39 is 9.84 Å². The molecule has 29 heavy (non-hydrogen) atoms. The number of nitrogens with zero attached hydrogens (tertiary/aromatic N) is 3. The molecule has 0 fully saturated rings. The molecule has 1 aliphatic rings. The number of pyridine rings is 2. The Labute approximate surface area is 169 Å². The van der Waals surface area contributed by atoms with Crippen LogP contribution in [0, 0.1) is 0 Å². The van der Waals surface area contributed by atoms with Crippen LogP contribution in [0.15, 0.2) is 94.1 Å². The molecule has 0 radical (unpaired) electrons. The SMILES string of the molecule is CC1=C(Cc2cccnc2)C(=O)N(c2ccc(S(=O)(=O)c3ccccc3)cn2)C1. The van der Waals surface area contributed by atoms with Gasteiger partial charge in [-0.3, -0.25) is 14.7 Å². The van der Waals surface area contributed by atoms with E-state index in [0.29, 0.717) is 18.8 Å². The summed E-state index contributed by atoms with van der Waals surface area (Å²) in [7, 11) is -3.64. The van der Waals surface area contributed by atoms with Gasteiger partial charge in [-0.05, 0) is 48.4 Å². The van der Waals surface area contributed by atoms with Crippen molar-refractivity contribution in [3.63, 3.8) is 0 Å². The summed E-state index contributed by atoms with van der Waals surface area (Å²) in [6.07, 6.45) is 5.26. The molecule has 0 bridgehead atoms. The highest BCUT2D eigenvalue weighted by Gasteiger charge is 2.30. The second-order valence-electron chi connectivity index (χ2n) is 6.86. The highest BCUT2D eigenvalue weighted by Crippen LogP contribution is 2.28. The van der Waals surface area contributed by atoms with Crippen LogP contribution < -0.4 is 4.90 Å². The van der Waals surface area contributed by atoms with Crippen molar-refractivity contribution in [1.82, 2.24) is 9.97 Å². The van der Waals surface area contributed by atoms with Crippen LogP contribution in [0.4, 0.5) is 5.82 Å². The van der Waals surface area contributed by atoms with Crippen molar-refractivity contribution in [3.8, 4) is 0 Å². The molecule has 1 aromatic carbocycles. The number of amides is 1. The molecule has 7 heteroatoms. The van der Waals surface area contributed by atoms with Crippen LogP contribution in [0.25, 0.3) is 0 Å². The van der Waals surface area contributed by atoms with Crippen molar-refractivity contribution in [2.24, 2.45) is 0 Å². The number of hydrogen-bond donors (Lipinski definition) is 0. The van der Waals surface area contributed by atoms with Gasteiger partial charge in [0.15, 0.2) is 0 Å². The summed E-state index contributed by atoms with van der Waals surface area (Å²) in [5, 5.41) is 0. The van der Waals surface area contributed by atoms with Crippen molar-refractivity contribution in [1.29, 1.82) is 0 Å². The van der Waals surface area contributed by atoms with Crippen LogP contribution in [-0.4, -0.2) is 30.8 Å². The highest BCUT2D eigenvalue weighted by molar-refractivity contribution is 7.91. The first-order chi connectivity index (χ1) is 14.0. The van der Waals surface area contributed by atoms with Crippen molar-refractivity contribution >= 4 is 21.6 Å². The number of benzene rings is 1. The zero-order chi connectivity index (χ0) is 20.4. The highest BCUT2D eigenvalue weighted by atomic mass is 32.2. The standard InChI is InChI=1S/C22H19N3O3S/c1-16-15-25(22(26)20(16)12-17-6-5-11-23-13-17)21-10-9-19(14-24-21)29(27,28)18-7-3-2-4-8-18/h2-11,13-14H,12,15H2,1H3. The number of carbonyl (C=O) groups excluding carboxylic acids is 1. The topological polar surface area (TPSA) is 80.2 Å². The zero-order valence-electron chi connectivity index (χ0n) is 15.8. The molecule has 3 aromatic rings. The van der Waals surface area contributed by atoms with Crippen molar-refractivity contribution < 1.29 is 13.2 Å². The lowest BCUT2D eigenvalue weighted by Crippen LogP contribution is -2.28. The molecule has 0 aliphatic carbocycles. The normalized spacial score (nSPS) is 14.5. The summed E-state index contributed by atoms with van der Waals surface area (Å²) in [4.78, 5) is 23.2. The third kappa shape index (κ3) is 3.69. The molecule has 0 saturated carbocycles. The van der Waals surface area contributed by atoms with E-state index in [0.717, 1.165) is 16.7 Å². The van der Waals surface area contributed by atoms with Gasteiger partial charge in [-0.1, -0.05) is 24.3 Å². The first-order valence-corrected chi connectivity index (χ1v) is 10.6. The van der Waals surface area contributed by atoms with Crippen LogP contribution in [0.1, 0.15) is 12.5 Å². The van der Waals surface area contributed by atoms with E-state index in [-0.39, 0.29) is 15.7 Å². The maximum Gasteiger partial charge on any atom is 0.256 e. The molecular weight excluding hydrogens is 386 g/mol. The van der Waals surface area contributed by atoms with E-state index in [1.165, 1.54) is 12.3 Å². The van der Waals surface area contributed by atoms with Crippen LogP contribution in [0.5, 0.6) is 0 Å². The van der Waals surface area contributed by atoms with Crippen LogP contribution >= 0.6 is 0 Å². The van der Waals surface area contributed by atoms with Crippen molar-refractivity contribution in [2.75, 3.05) is 11.4 Å². The number of hydrogen-bond acceptors (Lipinski definition) is 5. The van der Waals surface area contributed by atoms with E-state index in [2.05, 4.69) is 9.97 Å². The predicted octanol–water partition coefficient (Wildman–Crippen LogP) is 3.22. The third-order valence-electron chi connectivity index (χ3n) is 4.88. The summed E-state index contributed by atoms with van der Waals surface area (Å²) in [5.41, 5.74) is 2.66. The average molecular weight is 405 g/mol. The number of carbonyl (C=O) groups is 1. The molecule has 0 spiro atoms. The van der Waals surface area contributed by atoms with Crippen LogP contribution in [-0.2, 0) is 21.1 Å². The Hall–Kier alpha value is -3.32. The Morgan fingerprint density at radius 2 is 1.76 bits per heavy atom. The van der Waals surface area contributed by atoms with E-state index in [1.54, 1.807) is 53.7 Å². The molecule has 4 rings (SSSR count). The molecule has 0 unspecified atom stereocenters. The third-order valence-corrected chi connectivity index (χ3v) is 6.63. The molecule has 1 amide bonds. The Balaban J connectivity index is 1.55. The monoisotopic (exact) mass is 405 g/mol. The fourth-order valence-corrected chi connectivity index (χ4v) is 4.52. The van der Waals surface area contributed by atoms with Gasteiger partial charge in [0, 0.05) is 37.1 Å². The smallest absolute Gasteiger partial charge is 0.256 e. The second kappa shape index (κ2) is 7.60. The van der Waals surface area contributed by atoms with Gasteiger partial charge >= 0.3 is 0 Å². The Morgan fingerprint density at radius 1 is 0.966 bits per heavy atom. The first-order valence-electron chi connectivity index (χ1n) is 9.12. The zero-order valence-corrected chi connectivity index (χ0v) is 16.6. The van der Waals surface area contributed by atoms with Gasteiger partial charge in [0.1, 0.15) is 5.82 Å². The lowest BCUT2D eigenvalue weighted by atomic mass is 10.0. The van der Waals surface area contributed by atoms with Gasteiger partial charge in [-0.25, -0.2) is 13.4 Å². The average Bonchev–Trinajstić information content (AvgIpc) is 3.03. The Morgan fingerprint density at radius 3 is 2.41 bits per heavy atom. The molecule has 0 atom stereocenters. The summed E-state index contributed by atoms with van der Waals surface area (Å²) < 4.78 is 25.4. The quantitative estimate of drug-likeness (QED) is 0.651. The van der Waals surface area contributed by atoms with Crippen molar-refractivity contribution in [2.45, 2.75) is 23.1 Å². The van der Waals surface area contributed by atoms with Gasteiger partial charge in [-0.2, -0.15) is 0 Å². The lowest BCUT2D eigenvalue weighted by Gasteiger charge is -2.16. The molecule has 6 nitrogen and oxygen atoms in total. The summed E-state index contributed by atoms with van der Waals surface area (Å²) in [5.74, 6) is 0.320. The van der Waals surface area contributed by atoms with E-state index in [9.17, 15) is 13.2 Å². The van der Waals surface area contributed by atoms with Gasteiger partial charge in [0.25, 0.3) is 5.91 Å². The van der Waals surface area contributed by atoms with Crippen molar-refractivity contribution in [3.05, 3.63) is 89.9 Å². The summed E-state index contributed by atoms with van der Waals surface area (Å²) in [6, 6.07) is 15.1. The molecular formula is C22H19N3O3S. The Kier molecular flexibility index (Phi) is 4.98. The lowest BCUT2D eigenvalue weighted by molar-refractivity contribution is -0.114. The summed E-state index contributed by atoms with van der Waals surface area (Å²) in [6.45, 7) is 2.37. The van der Waals surface area contributed by atoms with Gasteiger partial charge in [0.2, 0.25) is 9.84 Å². The molecule has 146 valence electrons. The van der Waals surface area contributed by atoms with Gasteiger partial charge in [0.05, 0.1) is 9.79 Å². The fourth-order valence-electron chi connectivity index (χ4n) is 3.30. The molecule has 0 saturated heterocycles.